The van der Waals surface area contributed by atoms with Gasteiger partial charge in [0.15, 0.2) is 6.10 Å². The largest absolute Gasteiger partial charge is 0.451 e. The van der Waals surface area contributed by atoms with E-state index in [-0.39, 0.29) is 16.2 Å². The van der Waals surface area contributed by atoms with Crippen LogP contribution in [0.5, 0.6) is 0 Å². The number of Topliss-reactive ketones (excluding diaryl/α,β-unsaturated/α-hetero) is 1. The van der Waals surface area contributed by atoms with Gasteiger partial charge in [-0.3, -0.25) is 4.79 Å². The minimum absolute atomic E-state index is 0.0516. The third kappa shape index (κ3) is 4.91. The number of hydrogen-bond donors (Lipinski definition) is 0. The van der Waals surface area contributed by atoms with Crippen LogP contribution in [-0.2, 0) is 14.8 Å². The van der Waals surface area contributed by atoms with E-state index >= 15 is 0 Å². The Kier molecular flexibility index (Phi) is 6.95. The predicted octanol–water partition coefficient (Wildman–Crippen LogP) is 4.25. The molecule has 2 aromatic rings. The highest BCUT2D eigenvalue weighted by molar-refractivity contribution is 7.89. The Morgan fingerprint density at radius 2 is 1.77 bits per heavy atom. The fourth-order valence-corrected chi connectivity index (χ4v) is 5.12. The van der Waals surface area contributed by atoms with Crippen LogP contribution in [0.2, 0.25) is 5.02 Å². The predicted molar refractivity (Wildman–Crippen MR) is 114 cm³/mol. The topological polar surface area (TPSA) is 80.8 Å². The highest BCUT2D eigenvalue weighted by atomic mass is 35.5. The van der Waals surface area contributed by atoms with Crippen LogP contribution < -0.4 is 0 Å². The fourth-order valence-electron chi connectivity index (χ4n) is 3.39. The molecule has 160 valence electrons. The number of sulfonamides is 1. The maximum Gasteiger partial charge on any atom is 0.339 e. The van der Waals surface area contributed by atoms with E-state index in [1.54, 1.807) is 31.2 Å². The van der Waals surface area contributed by atoms with Crippen molar-refractivity contribution in [3.8, 4) is 0 Å². The van der Waals surface area contributed by atoms with Crippen molar-refractivity contribution in [1.29, 1.82) is 0 Å². The number of hydrogen-bond acceptors (Lipinski definition) is 5. The molecule has 2 aromatic carbocycles. The van der Waals surface area contributed by atoms with E-state index in [2.05, 4.69) is 0 Å². The third-order valence-corrected chi connectivity index (χ3v) is 7.27. The van der Waals surface area contributed by atoms with Crippen LogP contribution in [-0.4, -0.2) is 43.7 Å². The lowest BCUT2D eigenvalue weighted by atomic mass is 10.1. The molecule has 1 heterocycles. The third-order valence-electron chi connectivity index (χ3n) is 5.14. The smallest absolute Gasteiger partial charge is 0.339 e. The molecule has 0 bridgehead atoms. The first-order valence-electron chi connectivity index (χ1n) is 9.81. The molecule has 0 aliphatic carbocycles. The van der Waals surface area contributed by atoms with Crippen molar-refractivity contribution in [1.82, 2.24) is 4.31 Å². The van der Waals surface area contributed by atoms with Gasteiger partial charge in [0.1, 0.15) is 0 Å². The number of carbonyl (C=O) groups excluding carboxylic acids is 2. The summed E-state index contributed by atoms with van der Waals surface area (Å²) in [5, 5.41) is 0.408. The maximum absolute atomic E-state index is 12.9. The fraction of sp³-hybridized carbons (Fsp3) is 0.364. The first kappa shape index (κ1) is 22.5. The van der Waals surface area contributed by atoms with E-state index in [0.29, 0.717) is 29.2 Å². The molecule has 1 atom stereocenters. The Balaban J connectivity index is 1.80. The number of piperidine rings is 1. The average Bonchev–Trinajstić information content (AvgIpc) is 2.73. The highest BCUT2D eigenvalue weighted by Gasteiger charge is 2.28. The minimum atomic E-state index is -3.68. The van der Waals surface area contributed by atoms with Crippen LogP contribution in [0.15, 0.2) is 47.4 Å². The van der Waals surface area contributed by atoms with Crippen molar-refractivity contribution >= 4 is 33.4 Å². The molecule has 0 amide bonds. The van der Waals surface area contributed by atoms with E-state index in [1.165, 1.54) is 29.4 Å². The second kappa shape index (κ2) is 9.29. The SMILES string of the molecule is Cc1ccc(S(=O)(=O)N2CCCCC2)cc1C(=O)OC(C)C(=O)c1cccc(Cl)c1. The summed E-state index contributed by atoms with van der Waals surface area (Å²) >= 11 is 5.92. The summed E-state index contributed by atoms with van der Waals surface area (Å²) in [5.74, 6) is -1.13. The van der Waals surface area contributed by atoms with Gasteiger partial charge in [-0.2, -0.15) is 4.31 Å². The van der Waals surface area contributed by atoms with Gasteiger partial charge in [-0.05, 0) is 56.5 Å². The minimum Gasteiger partial charge on any atom is -0.451 e. The zero-order valence-corrected chi connectivity index (χ0v) is 18.5. The number of ether oxygens (including phenoxy) is 1. The second-order valence-corrected chi connectivity index (χ2v) is 9.74. The molecule has 1 saturated heterocycles. The van der Waals surface area contributed by atoms with Crippen molar-refractivity contribution in [2.24, 2.45) is 0 Å². The number of esters is 1. The first-order valence-corrected chi connectivity index (χ1v) is 11.6. The lowest BCUT2D eigenvalue weighted by Gasteiger charge is -2.26. The molecule has 0 radical (unpaired) electrons. The average molecular weight is 450 g/mol. The van der Waals surface area contributed by atoms with Crippen LogP contribution in [0.1, 0.15) is 52.5 Å². The van der Waals surface area contributed by atoms with Gasteiger partial charge in [0.2, 0.25) is 15.8 Å². The standard InChI is InChI=1S/C22H24ClNO5S/c1-15-9-10-19(30(27,28)24-11-4-3-5-12-24)14-20(15)22(26)29-16(2)21(25)17-7-6-8-18(23)13-17/h6-10,13-14,16H,3-5,11-12H2,1-2H3. The van der Waals surface area contributed by atoms with E-state index in [0.717, 1.165) is 19.3 Å². The van der Waals surface area contributed by atoms with E-state index in [4.69, 9.17) is 16.3 Å². The Bertz CT molecular complexity index is 1060. The lowest BCUT2D eigenvalue weighted by molar-refractivity contribution is 0.0318. The molecule has 3 rings (SSSR count). The maximum atomic E-state index is 12.9. The van der Waals surface area contributed by atoms with Crippen LogP contribution in [0.4, 0.5) is 0 Å². The Morgan fingerprint density at radius 3 is 2.43 bits per heavy atom. The molecule has 1 aliphatic rings. The molecular weight excluding hydrogens is 426 g/mol. The van der Waals surface area contributed by atoms with Gasteiger partial charge >= 0.3 is 5.97 Å². The van der Waals surface area contributed by atoms with E-state index in [9.17, 15) is 18.0 Å². The lowest BCUT2D eigenvalue weighted by Crippen LogP contribution is -2.35. The number of aryl methyl sites for hydroxylation is 1. The van der Waals surface area contributed by atoms with Gasteiger partial charge in [-0.1, -0.05) is 36.2 Å². The molecule has 1 unspecified atom stereocenters. The molecular formula is C22H24ClNO5S. The first-order chi connectivity index (χ1) is 14.2. The normalized spacial score (nSPS) is 16.1. The van der Waals surface area contributed by atoms with Crippen LogP contribution in [0.25, 0.3) is 0 Å². The molecule has 0 aromatic heterocycles. The zero-order valence-electron chi connectivity index (χ0n) is 16.9. The number of ketones is 1. The molecule has 0 spiro atoms. The number of rotatable bonds is 6. The van der Waals surface area contributed by atoms with Crippen LogP contribution in [0, 0.1) is 6.92 Å². The van der Waals surface area contributed by atoms with Crippen molar-refractivity contribution < 1.29 is 22.7 Å². The molecule has 30 heavy (non-hydrogen) atoms. The summed E-state index contributed by atoms with van der Waals surface area (Å²) in [6.07, 6.45) is 1.61. The monoisotopic (exact) mass is 449 g/mol. The summed E-state index contributed by atoms with van der Waals surface area (Å²) in [6, 6.07) is 10.8. The number of nitrogens with zero attached hydrogens (tertiary/aromatic N) is 1. The summed E-state index contributed by atoms with van der Waals surface area (Å²) in [7, 11) is -3.68. The molecule has 0 saturated carbocycles. The Labute approximate surface area is 181 Å². The van der Waals surface area contributed by atoms with Gasteiger partial charge in [0.25, 0.3) is 0 Å². The van der Waals surface area contributed by atoms with Crippen LogP contribution >= 0.6 is 11.6 Å². The van der Waals surface area contributed by atoms with Gasteiger partial charge in [-0.25, -0.2) is 13.2 Å². The highest BCUT2D eigenvalue weighted by Crippen LogP contribution is 2.24. The summed E-state index contributed by atoms with van der Waals surface area (Å²) < 4.78 is 32.6. The summed E-state index contributed by atoms with van der Waals surface area (Å²) in [5.41, 5.74) is 1.03. The van der Waals surface area contributed by atoms with Crippen molar-refractivity contribution in [3.05, 3.63) is 64.2 Å². The molecule has 1 fully saturated rings. The second-order valence-electron chi connectivity index (χ2n) is 7.36. The van der Waals surface area contributed by atoms with Crippen molar-refractivity contribution in [2.75, 3.05) is 13.1 Å². The van der Waals surface area contributed by atoms with E-state index < -0.39 is 22.1 Å². The van der Waals surface area contributed by atoms with Gasteiger partial charge in [0.05, 0.1) is 10.5 Å². The van der Waals surface area contributed by atoms with Gasteiger partial charge in [-0.15, -0.1) is 0 Å². The zero-order chi connectivity index (χ0) is 21.9. The Morgan fingerprint density at radius 1 is 1.07 bits per heavy atom. The number of carbonyl (C=O) groups is 2. The molecule has 6 nitrogen and oxygen atoms in total. The van der Waals surface area contributed by atoms with Gasteiger partial charge < -0.3 is 4.74 Å². The Hall–Kier alpha value is -2.22. The quantitative estimate of drug-likeness (QED) is 0.486. The molecule has 0 N–H and O–H groups in total. The van der Waals surface area contributed by atoms with E-state index in [1.807, 2.05) is 0 Å². The summed E-state index contributed by atoms with van der Waals surface area (Å²) in [6.45, 7) is 4.12. The number of halogens is 1. The summed E-state index contributed by atoms with van der Waals surface area (Å²) in [4.78, 5) is 25.3. The van der Waals surface area contributed by atoms with Crippen LogP contribution in [0.3, 0.4) is 0 Å². The van der Waals surface area contributed by atoms with Gasteiger partial charge in [0, 0.05) is 23.7 Å². The molecule has 8 heteroatoms. The van der Waals surface area contributed by atoms with Crippen molar-refractivity contribution in [3.63, 3.8) is 0 Å². The van der Waals surface area contributed by atoms with Crippen molar-refractivity contribution in [2.45, 2.75) is 44.1 Å². The number of benzene rings is 2. The molecule has 1 aliphatic heterocycles.